The predicted molar refractivity (Wildman–Crippen MR) is 149 cm³/mol. The summed E-state index contributed by atoms with van der Waals surface area (Å²) < 4.78 is 5.26. The number of hydrogen-bond acceptors (Lipinski definition) is 8. The Hall–Kier alpha value is -5.16. The molecule has 2 heterocycles. The zero-order chi connectivity index (χ0) is 28.6. The van der Waals surface area contributed by atoms with E-state index in [1.807, 2.05) is 0 Å². The molecule has 5 rings (SSSR count). The Labute approximate surface area is 232 Å². The van der Waals surface area contributed by atoms with Crippen molar-refractivity contribution in [3.05, 3.63) is 110 Å². The van der Waals surface area contributed by atoms with Crippen LogP contribution in [-0.4, -0.2) is 35.2 Å². The largest absolute Gasteiger partial charge is 0.462 e. The summed E-state index contributed by atoms with van der Waals surface area (Å²) in [4.78, 5) is 64.5. The van der Waals surface area contributed by atoms with E-state index in [-0.39, 0.29) is 45.2 Å². The Balaban J connectivity index is 1.48. The Kier molecular flexibility index (Phi) is 6.97. The first-order chi connectivity index (χ1) is 19.2. The van der Waals surface area contributed by atoms with Gasteiger partial charge in [0.1, 0.15) is 10.6 Å². The number of non-ortho nitro benzene ring substituents is 1. The van der Waals surface area contributed by atoms with Gasteiger partial charge in [-0.05, 0) is 61.9 Å². The number of nitro groups is 1. The third-order valence-corrected chi connectivity index (χ3v) is 7.34. The minimum absolute atomic E-state index is 0.0965. The molecule has 3 aromatic carbocycles. The number of imide groups is 1. The predicted octanol–water partition coefficient (Wildman–Crippen LogP) is 5.86. The van der Waals surface area contributed by atoms with Crippen LogP contribution in [0, 0.1) is 17.0 Å². The van der Waals surface area contributed by atoms with Gasteiger partial charge in [-0.25, -0.2) is 9.69 Å². The van der Waals surface area contributed by atoms with Gasteiger partial charge < -0.3 is 10.1 Å². The zero-order valence-corrected chi connectivity index (χ0v) is 22.1. The van der Waals surface area contributed by atoms with Gasteiger partial charge in [0.2, 0.25) is 0 Å². The van der Waals surface area contributed by atoms with Crippen molar-refractivity contribution in [1.29, 1.82) is 0 Å². The van der Waals surface area contributed by atoms with Crippen molar-refractivity contribution in [3.8, 4) is 11.1 Å². The molecule has 0 unspecified atom stereocenters. The number of hydrogen-bond donors (Lipinski definition) is 1. The Morgan fingerprint density at radius 3 is 2.23 bits per heavy atom. The van der Waals surface area contributed by atoms with Crippen molar-refractivity contribution in [3.63, 3.8) is 0 Å². The van der Waals surface area contributed by atoms with Gasteiger partial charge in [0.25, 0.3) is 23.4 Å². The summed E-state index contributed by atoms with van der Waals surface area (Å²) in [6, 6.07) is 18.3. The maximum absolute atomic E-state index is 13.4. The maximum Gasteiger partial charge on any atom is 0.341 e. The molecule has 4 aromatic rings. The van der Waals surface area contributed by atoms with Gasteiger partial charge in [0, 0.05) is 28.1 Å². The molecule has 0 saturated heterocycles. The van der Waals surface area contributed by atoms with Crippen LogP contribution in [0.4, 0.5) is 16.4 Å². The number of nitrogens with one attached hydrogen (secondary N) is 1. The molecule has 1 aromatic heterocycles. The maximum atomic E-state index is 13.4. The number of fused-ring (bicyclic) bond motifs is 1. The monoisotopic (exact) mass is 555 g/mol. The molecule has 11 heteroatoms. The van der Waals surface area contributed by atoms with E-state index in [0.717, 1.165) is 16.2 Å². The lowest BCUT2D eigenvalue weighted by atomic mass is 10.0. The van der Waals surface area contributed by atoms with Crippen LogP contribution in [0.15, 0.2) is 72.8 Å². The van der Waals surface area contributed by atoms with Crippen LogP contribution in [0.5, 0.6) is 0 Å². The number of nitrogens with zero attached hydrogens (tertiary/aromatic N) is 2. The van der Waals surface area contributed by atoms with Crippen molar-refractivity contribution in [2.45, 2.75) is 13.8 Å². The highest BCUT2D eigenvalue weighted by Gasteiger charge is 2.36. The number of benzene rings is 3. The normalized spacial score (nSPS) is 12.3. The van der Waals surface area contributed by atoms with Crippen LogP contribution in [0.3, 0.4) is 0 Å². The Bertz CT molecular complexity index is 1670. The molecule has 10 nitrogen and oxygen atoms in total. The summed E-state index contributed by atoms with van der Waals surface area (Å²) in [5, 5.41) is 14.1. The molecule has 3 amide bonds. The van der Waals surface area contributed by atoms with E-state index in [0.29, 0.717) is 16.0 Å². The van der Waals surface area contributed by atoms with E-state index in [1.54, 1.807) is 50.2 Å². The van der Waals surface area contributed by atoms with Crippen LogP contribution < -0.4 is 10.2 Å². The molecule has 0 saturated carbocycles. The molecule has 0 bridgehead atoms. The lowest BCUT2D eigenvalue weighted by Crippen LogP contribution is -2.29. The van der Waals surface area contributed by atoms with Crippen molar-refractivity contribution in [2.75, 3.05) is 16.8 Å². The summed E-state index contributed by atoms with van der Waals surface area (Å²) in [5.41, 5.74) is 2.04. The molecule has 0 spiro atoms. The molecular formula is C29H21N3O7S. The van der Waals surface area contributed by atoms with E-state index < -0.39 is 28.6 Å². The fraction of sp³-hybridized carbons (Fsp3) is 0.103. The molecule has 0 radical (unpaired) electrons. The average molecular weight is 556 g/mol. The second kappa shape index (κ2) is 10.5. The molecule has 200 valence electrons. The van der Waals surface area contributed by atoms with Gasteiger partial charge in [-0.15, -0.1) is 11.3 Å². The van der Waals surface area contributed by atoms with Gasteiger partial charge in [-0.3, -0.25) is 24.5 Å². The molecule has 1 aliphatic heterocycles. The second-order valence-electron chi connectivity index (χ2n) is 8.76. The van der Waals surface area contributed by atoms with Crippen LogP contribution in [-0.2, 0) is 4.74 Å². The number of anilines is 2. The number of ether oxygens (including phenoxy) is 1. The standard InChI is InChI=1S/C29H21N3O7S/c1-3-39-29(36)24-23(17-11-13-19(14-12-17)32(37)38)16(2)40-26(24)30-25(33)18-7-6-8-20(15-18)31-27(34)21-9-4-5-10-22(21)28(31)35/h4-15H,3H2,1-2H3,(H,30,33). The first kappa shape index (κ1) is 26.4. The first-order valence-corrected chi connectivity index (χ1v) is 13.0. The van der Waals surface area contributed by atoms with E-state index in [1.165, 1.54) is 36.4 Å². The number of rotatable bonds is 7. The summed E-state index contributed by atoms with van der Waals surface area (Å²) in [7, 11) is 0. The highest BCUT2D eigenvalue weighted by molar-refractivity contribution is 7.17. The first-order valence-electron chi connectivity index (χ1n) is 12.2. The van der Waals surface area contributed by atoms with Crippen LogP contribution in [0.1, 0.15) is 53.2 Å². The number of nitro benzene ring substituents is 1. The second-order valence-corrected chi connectivity index (χ2v) is 9.98. The lowest BCUT2D eigenvalue weighted by molar-refractivity contribution is -0.384. The number of carbonyl (C=O) groups is 4. The smallest absolute Gasteiger partial charge is 0.341 e. The van der Waals surface area contributed by atoms with E-state index >= 15 is 0 Å². The summed E-state index contributed by atoms with van der Waals surface area (Å²) in [5.74, 6) is -2.19. The summed E-state index contributed by atoms with van der Waals surface area (Å²) in [6.07, 6.45) is 0. The molecule has 1 aliphatic rings. The van der Waals surface area contributed by atoms with Gasteiger partial charge in [0.05, 0.1) is 28.3 Å². The minimum atomic E-state index is -0.657. The van der Waals surface area contributed by atoms with Crippen LogP contribution in [0.2, 0.25) is 0 Å². The summed E-state index contributed by atoms with van der Waals surface area (Å²) >= 11 is 1.16. The van der Waals surface area contributed by atoms with E-state index in [4.69, 9.17) is 4.74 Å². The van der Waals surface area contributed by atoms with Gasteiger partial charge in [0.15, 0.2) is 0 Å². The third-order valence-electron chi connectivity index (χ3n) is 6.32. The van der Waals surface area contributed by atoms with Crippen molar-refractivity contribution in [2.24, 2.45) is 0 Å². The minimum Gasteiger partial charge on any atom is -0.462 e. The molecular weight excluding hydrogens is 534 g/mol. The molecule has 1 N–H and O–H groups in total. The van der Waals surface area contributed by atoms with Gasteiger partial charge in [-0.2, -0.15) is 0 Å². The molecule has 0 aliphatic carbocycles. The zero-order valence-electron chi connectivity index (χ0n) is 21.3. The topological polar surface area (TPSA) is 136 Å². The SMILES string of the molecule is CCOC(=O)c1c(NC(=O)c2cccc(N3C(=O)c4ccccc4C3=O)c2)sc(C)c1-c1ccc([N+](=O)[O-])cc1. The lowest BCUT2D eigenvalue weighted by Gasteiger charge is -2.15. The number of carbonyl (C=O) groups excluding carboxylic acids is 4. The Morgan fingerprint density at radius 1 is 0.975 bits per heavy atom. The number of amides is 3. The number of thiophene rings is 1. The fourth-order valence-corrected chi connectivity index (χ4v) is 5.57. The van der Waals surface area contributed by atoms with Crippen LogP contribution >= 0.6 is 11.3 Å². The van der Waals surface area contributed by atoms with Crippen molar-refractivity contribution >= 4 is 51.4 Å². The molecule has 0 fully saturated rings. The highest BCUT2D eigenvalue weighted by Crippen LogP contribution is 2.41. The molecule has 40 heavy (non-hydrogen) atoms. The molecule has 0 atom stereocenters. The quantitative estimate of drug-likeness (QED) is 0.131. The fourth-order valence-electron chi connectivity index (χ4n) is 4.51. The van der Waals surface area contributed by atoms with Gasteiger partial charge in [-0.1, -0.05) is 18.2 Å². The van der Waals surface area contributed by atoms with Crippen molar-refractivity contribution in [1.82, 2.24) is 0 Å². The number of esters is 1. The van der Waals surface area contributed by atoms with Gasteiger partial charge >= 0.3 is 5.97 Å². The van der Waals surface area contributed by atoms with E-state index in [9.17, 15) is 29.3 Å². The van der Waals surface area contributed by atoms with Crippen molar-refractivity contribution < 1.29 is 28.8 Å². The van der Waals surface area contributed by atoms with E-state index in [2.05, 4.69) is 5.32 Å². The highest BCUT2D eigenvalue weighted by atomic mass is 32.1. The Morgan fingerprint density at radius 2 is 1.62 bits per heavy atom. The van der Waals surface area contributed by atoms with Crippen LogP contribution in [0.25, 0.3) is 11.1 Å². The average Bonchev–Trinajstić information content (AvgIpc) is 3.41. The summed E-state index contributed by atoms with van der Waals surface area (Å²) in [6.45, 7) is 3.53. The number of aryl methyl sites for hydroxylation is 1. The third kappa shape index (κ3) is 4.63.